The van der Waals surface area contributed by atoms with Crippen molar-refractivity contribution in [2.24, 2.45) is 0 Å². The molecule has 0 atom stereocenters. The minimum absolute atomic E-state index is 0.0109. The van der Waals surface area contributed by atoms with Crippen molar-refractivity contribution in [1.29, 1.82) is 0 Å². The molecule has 0 radical (unpaired) electrons. The van der Waals surface area contributed by atoms with Crippen molar-refractivity contribution in [2.45, 2.75) is 70.9 Å². The van der Waals surface area contributed by atoms with E-state index in [1.54, 1.807) is 23.6 Å². The molecule has 1 saturated carbocycles. The lowest BCUT2D eigenvalue weighted by Crippen LogP contribution is -2.49. The normalized spacial score (nSPS) is 18.9. The van der Waals surface area contributed by atoms with Crippen molar-refractivity contribution in [3.63, 3.8) is 0 Å². The lowest BCUT2D eigenvalue weighted by molar-refractivity contribution is -0.132. The Morgan fingerprint density at radius 1 is 1.12 bits per heavy atom. The molecule has 25 heavy (non-hydrogen) atoms. The molecular formula is C18H31N3O4. The molecule has 2 aliphatic rings. The fraction of sp³-hybridized carbons (Fsp3) is 0.833. The van der Waals surface area contributed by atoms with E-state index in [0.29, 0.717) is 38.7 Å². The van der Waals surface area contributed by atoms with Crippen molar-refractivity contribution in [2.75, 3.05) is 26.2 Å². The van der Waals surface area contributed by atoms with E-state index in [-0.39, 0.29) is 23.9 Å². The van der Waals surface area contributed by atoms with E-state index in [4.69, 9.17) is 4.74 Å². The molecule has 7 heteroatoms. The van der Waals surface area contributed by atoms with Gasteiger partial charge in [-0.15, -0.1) is 0 Å². The maximum Gasteiger partial charge on any atom is 0.409 e. The summed E-state index contributed by atoms with van der Waals surface area (Å²) in [7, 11) is 0. The summed E-state index contributed by atoms with van der Waals surface area (Å²) in [5, 5.41) is 3.07. The van der Waals surface area contributed by atoms with Crippen LogP contribution in [0.5, 0.6) is 0 Å². The van der Waals surface area contributed by atoms with Gasteiger partial charge < -0.3 is 19.9 Å². The molecule has 3 amide bonds. The van der Waals surface area contributed by atoms with Gasteiger partial charge in [-0.05, 0) is 32.6 Å². The van der Waals surface area contributed by atoms with Gasteiger partial charge in [0.2, 0.25) is 11.8 Å². The van der Waals surface area contributed by atoms with Crippen LogP contribution in [0.15, 0.2) is 0 Å². The number of nitrogens with zero attached hydrogens (tertiary/aromatic N) is 2. The Morgan fingerprint density at radius 2 is 1.76 bits per heavy atom. The molecule has 142 valence electrons. The van der Waals surface area contributed by atoms with Crippen molar-refractivity contribution in [1.82, 2.24) is 15.1 Å². The summed E-state index contributed by atoms with van der Waals surface area (Å²) in [6.45, 7) is 5.32. The van der Waals surface area contributed by atoms with Gasteiger partial charge in [-0.25, -0.2) is 4.79 Å². The topological polar surface area (TPSA) is 79.0 Å². The zero-order valence-corrected chi connectivity index (χ0v) is 15.5. The SMILES string of the molecule is CCOC(=O)N1CCC(N(CCC(=O)NC2CCCC2)C(C)=O)CC1. The summed E-state index contributed by atoms with van der Waals surface area (Å²) in [6, 6.07) is 0.397. The molecule has 0 aromatic rings. The maximum atomic E-state index is 12.1. The molecule has 0 aromatic carbocycles. The number of piperidine rings is 1. The number of hydrogen-bond acceptors (Lipinski definition) is 4. The third-order valence-corrected chi connectivity index (χ3v) is 5.14. The first-order valence-electron chi connectivity index (χ1n) is 9.49. The van der Waals surface area contributed by atoms with Gasteiger partial charge in [0.15, 0.2) is 0 Å². The fourth-order valence-corrected chi connectivity index (χ4v) is 3.76. The molecule has 2 rings (SSSR count). The van der Waals surface area contributed by atoms with Gasteiger partial charge in [-0.3, -0.25) is 9.59 Å². The number of ether oxygens (including phenoxy) is 1. The largest absolute Gasteiger partial charge is 0.450 e. The van der Waals surface area contributed by atoms with Gasteiger partial charge >= 0.3 is 6.09 Å². The first-order chi connectivity index (χ1) is 12.0. The zero-order valence-electron chi connectivity index (χ0n) is 15.5. The summed E-state index contributed by atoms with van der Waals surface area (Å²) in [5.41, 5.74) is 0. The zero-order chi connectivity index (χ0) is 18.2. The summed E-state index contributed by atoms with van der Waals surface area (Å²) < 4.78 is 5.02. The Kier molecular flexibility index (Phi) is 7.52. The number of hydrogen-bond donors (Lipinski definition) is 1. The number of carbonyl (C=O) groups is 3. The van der Waals surface area contributed by atoms with Gasteiger partial charge in [0.25, 0.3) is 0 Å². The van der Waals surface area contributed by atoms with E-state index in [2.05, 4.69) is 5.32 Å². The van der Waals surface area contributed by atoms with E-state index >= 15 is 0 Å². The Labute approximate surface area is 150 Å². The molecular weight excluding hydrogens is 322 g/mol. The molecule has 1 heterocycles. The minimum Gasteiger partial charge on any atom is -0.450 e. The van der Waals surface area contributed by atoms with E-state index < -0.39 is 0 Å². The average molecular weight is 353 g/mol. The minimum atomic E-state index is -0.286. The van der Waals surface area contributed by atoms with Crippen LogP contribution in [0.25, 0.3) is 0 Å². The van der Waals surface area contributed by atoms with Crippen molar-refractivity contribution in [3.05, 3.63) is 0 Å². The van der Waals surface area contributed by atoms with Crippen LogP contribution in [0.1, 0.15) is 58.8 Å². The molecule has 0 aromatic heterocycles. The Balaban J connectivity index is 1.77. The van der Waals surface area contributed by atoms with Gasteiger partial charge in [0.1, 0.15) is 0 Å². The van der Waals surface area contributed by atoms with E-state index in [1.807, 2.05) is 0 Å². The highest BCUT2D eigenvalue weighted by molar-refractivity contribution is 5.78. The fourth-order valence-electron chi connectivity index (χ4n) is 3.76. The molecule has 1 N–H and O–H groups in total. The van der Waals surface area contributed by atoms with Crippen LogP contribution in [-0.2, 0) is 14.3 Å². The smallest absolute Gasteiger partial charge is 0.409 e. The van der Waals surface area contributed by atoms with Crippen molar-refractivity contribution in [3.8, 4) is 0 Å². The summed E-state index contributed by atoms with van der Waals surface area (Å²) in [5.74, 6) is 0.0189. The number of rotatable bonds is 6. The van der Waals surface area contributed by atoms with Crippen molar-refractivity contribution >= 4 is 17.9 Å². The molecule has 1 saturated heterocycles. The second-order valence-electron chi connectivity index (χ2n) is 6.93. The number of likely N-dealkylation sites (tertiary alicyclic amines) is 1. The summed E-state index contributed by atoms with van der Waals surface area (Å²) in [6.07, 6.45) is 6.00. The molecule has 1 aliphatic carbocycles. The standard InChI is InChI=1S/C18H31N3O4/c1-3-25-18(24)20-11-8-16(9-12-20)21(14(2)22)13-10-17(23)19-15-6-4-5-7-15/h15-16H,3-13H2,1-2H3,(H,19,23). The number of carbonyl (C=O) groups excluding carboxylic acids is 3. The number of amides is 3. The van der Waals surface area contributed by atoms with Crippen LogP contribution in [-0.4, -0.2) is 66.0 Å². The van der Waals surface area contributed by atoms with Crippen molar-refractivity contribution < 1.29 is 19.1 Å². The van der Waals surface area contributed by atoms with Crippen LogP contribution < -0.4 is 5.32 Å². The summed E-state index contributed by atoms with van der Waals surface area (Å²) >= 11 is 0. The highest BCUT2D eigenvalue weighted by Gasteiger charge is 2.29. The molecule has 1 aliphatic heterocycles. The van der Waals surface area contributed by atoms with Gasteiger partial charge in [-0.2, -0.15) is 0 Å². The van der Waals surface area contributed by atoms with Crippen LogP contribution in [0.4, 0.5) is 4.79 Å². The van der Waals surface area contributed by atoms with E-state index in [0.717, 1.165) is 25.7 Å². The van der Waals surface area contributed by atoms with Crippen LogP contribution in [0.2, 0.25) is 0 Å². The molecule has 2 fully saturated rings. The third-order valence-electron chi connectivity index (χ3n) is 5.14. The van der Waals surface area contributed by atoms with Gasteiger partial charge in [-0.1, -0.05) is 12.8 Å². The predicted octanol–water partition coefficient (Wildman–Crippen LogP) is 1.90. The number of nitrogens with one attached hydrogen (secondary N) is 1. The third kappa shape index (κ3) is 5.90. The first-order valence-corrected chi connectivity index (χ1v) is 9.49. The Morgan fingerprint density at radius 3 is 2.32 bits per heavy atom. The highest BCUT2D eigenvalue weighted by atomic mass is 16.6. The lowest BCUT2D eigenvalue weighted by Gasteiger charge is -2.37. The second kappa shape index (κ2) is 9.63. The maximum absolute atomic E-state index is 12.1. The quantitative estimate of drug-likeness (QED) is 0.791. The van der Waals surface area contributed by atoms with Gasteiger partial charge in [0.05, 0.1) is 6.61 Å². The molecule has 0 unspecified atom stereocenters. The first kappa shape index (κ1) is 19.5. The second-order valence-corrected chi connectivity index (χ2v) is 6.93. The Bertz CT molecular complexity index is 469. The lowest BCUT2D eigenvalue weighted by atomic mass is 10.0. The molecule has 0 bridgehead atoms. The monoisotopic (exact) mass is 353 g/mol. The van der Waals surface area contributed by atoms with Crippen LogP contribution >= 0.6 is 0 Å². The summed E-state index contributed by atoms with van der Waals surface area (Å²) in [4.78, 5) is 39.3. The Hall–Kier alpha value is -1.79. The molecule has 7 nitrogen and oxygen atoms in total. The predicted molar refractivity (Wildman–Crippen MR) is 94.0 cm³/mol. The molecule has 0 spiro atoms. The highest BCUT2D eigenvalue weighted by Crippen LogP contribution is 2.19. The average Bonchev–Trinajstić information content (AvgIpc) is 3.08. The van der Waals surface area contributed by atoms with E-state index in [1.165, 1.54) is 12.8 Å². The van der Waals surface area contributed by atoms with Crippen LogP contribution in [0.3, 0.4) is 0 Å². The van der Waals surface area contributed by atoms with Gasteiger partial charge in [0, 0.05) is 45.1 Å². The van der Waals surface area contributed by atoms with Crippen LogP contribution in [0, 0.1) is 0 Å². The van der Waals surface area contributed by atoms with E-state index in [9.17, 15) is 14.4 Å².